The number of aliphatic hydroxyl groups is 10. The van der Waals surface area contributed by atoms with E-state index in [0.717, 1.165) is 0 Å². The Balaban J connectivity index is 1.83. The van der Waals surface area contributed by atoms with Crippen molar-refractivity contribution in [2.45, 2.75) is 99.0 Å². The lowest BCUT2D eigenvalue weighted by molar-refractivity contribution is -0.386. The first-order valence-corrected chi connectivity index (χ1v) is 10.4. The number of rotatable bonds is 6. The summed E-state index contributed by atoms with van der Waals surface area (Å²) < 4.78 is 26.7. The monoisotopic (exact) mass is 488 g/mol. The van der Waals surface area contributed by atoms with Crippen molar-refractivity contribution in [1.29, 1.82) is 0 Å². The van der Waals surface area contributed by atoms with E-state index in [1.54, 1.807) is 0 Å². The average molecular weight is 488 g/mol. The highest BCUT2D eigenvalue weighted by molar-refractivity contribution is 4.95. The highest BCUT2D eigenvalue weighted by atomic mass is 16.8. The molecule has 194 valence electrons. The van der Waals surface area contributed by atoms with Gasteiger partial charge in [-0.1, -0.05) is 0 Å². The topological polar surface area (TPSA) is 248 Å². The molecule has 3 aliphatic heterocycles. The zero-order valence-electron chi connectivity index (χ0n) is 17.6. The van der Waals surface area contributed by atoms with Gasteiger partial charge in [-0.3, -0.25) is 0 Å². The molecule has 0 aliphatic carbocycles. The van der Waals surface area contributed by atoms with Crippen LogP contribution in [0.2, 0.25) is 0 Å². The highest BCUT2D eigenvalue weighted by Gasteiger charge is 2.53. The fraction of sp³-hybridized carbons (Fsp3) is 1.00. The van der Waals surface area contributed by atoms with Crippen molar-refractivity contribution in [1.82, 2.24) is 0 Å². The van der Waals surface area contributed by atoms with Crippen LogP contribution in [0.4, 0.5) is 0 Å². The van der Waals surface area contributed by atoms with Crippen molar-refractivity contribution in [3.63, 3.8) is 0 Å². The molecule has 0 amide bonds. The highest BCUT2D eigenvalue weighted by Crippen LogP contribution is 2.32. The number of ether oxygens (including phenoxy) is 5. The molecular weight excluding hydrogens is 456 g/mol. The molecule has 3 rings (SSSR count). The molecule has 0 saturated carbocycles. The summed E-state index contributed by atoms with van der Waals surface area (Å²) in [6, 6.07) is 0. The quantitative estimate of drug-likeness (QED) is 0.167. The number of hydrogen-bond donors (Lipinski definition) is 10. The van der Waals surface area contributed by atoms with E-state index in [0.29, 0.717) is 0 Å². The van der Waals surface area contributed by atoms with Crippen molar-refractivity contribution >= 4 is 0 Å². The van der Waals surface area contributed by atoms with Crippen LogP contribution in [0, 0.1) is 0 Å². The van der Waals surface area contributed by atoms with Crippen molar-refractivity contribution in [2.24, 2.45) is 0 Å². The molecule has 0 aromatic heterocycles. The van der Waals surface area contributed by atoms with Gasteiger partial charge in [-0.15, -0.1) is 0 Å². The molecule has 33 heavy (non-hydrogen) atoms. The maximum atomic E-state index is 10.6. The van der Waals surface area contributed by atoms with Gasteiger partial charge in [-0.2, -0.15) is 0 Å². The van der Waals surface area contributed by atoms with Crippen LogP contribution in [0.3, 0.4) is 0 Å². The maximum absolute atomic E-state index is 10.6. The molecule has 3 fully saturated rings. The minimum absolute atomic E-state index is 0.739. The zero-order chi connectivity index (χ0) is 24.6. The molecular formula is C18H32O15. The van der Waals surface area contributed by atoms with Crippen molar-refractivity contribution < 1.29 is 74.7 Å². The minimum Gasteiger partial charge on any atom is -0.394 e. The Morgan fingerprint density at radius 1 is 0.545 bits per heavy atom. The van der Waals surface area contributed by atoms with Crippen molar-refractivity contribution in [3.8, 4) is 0 Å². The van der Waals surface area contributed by atoms with Gasteiger partial charge in [0.1, 0.15) is 67.1 Å². The minimum atomic E-state index is -1.86. The largest absolute Gasteiger partial charge is 0.394 e. The summed E-state index contributed by atoms with van der Waals surface area (Å²) in [6.07, 6.45) is -24.2. The molecule has 0 aromatic rings. The SMILES string of the molecule is C[C@@H]1O[C@@H](O[C@H]2[C@H](O[C@@H]3[C@@H](O)[C@H](O)O[C@H](CO)[C@H]3O)O[C@H](CO)[C@H](O)[C@@H]2O)[C@H](O)[C@H](O)[C@H]1O. The van der Waals surface area contributed by atoms with Gasteiger partial charge in [0.2, 0.25) is 0 Å². The Morgan fingerprint density at radius 3 is 1.73 bits per heavy atom. The lowest BCUT2D eigenvalue weighted by Gasteiger charge is -2.48. The predicted molar refractivity (Wildman–Crippen MR) is 99.8 cm³/mol. The summed E-state index contributed by atoms with van der Waals surface area (Å²) in [4.78, 5) is 0. The Labute approximate surface area is 187 Å². The smallest absolute Gasteiger partial charge is 0.187 e. The summed E-state index contributed by atoms with van der Waals surface area (Å²) in [7, 11) is 0. The normalized spacial score (nSPS) is 53.7. The van der Waals surface area contributed by atoms with Crippen molar-refractivity contribution in [2.75, 3.05) is 13.2 Å². The standard InChI is InChI=1S/C18H32O15/c1-4-7(21)10(24)12(26)17(29-4)33-15-11(25)8(22)5(2-19)31-18(15)32-14-9(23)6(3-20)30-16(28)13(14)27/h4-28H,2-3H2,1H3/t4-,5+,6+,7-,8-,9+,10+,11-,12+,13+,14-,15+,16+,17-,18-/m0/s1. The van der Waals surface area contributed by atoms with Gasteiger partial charge in [0, 0.05) is 0 Å². The van der Waals surface area contributed by atoms with Gasteiger partial charge in [0.15, 0.2) is 18.9 Å². The maximum Gasteiger partial charge on any atom is 0.187 e. The van der Waals surface area contributed by atoms with Crippen LogP contribution in [-0.4, -0.2) is 156 Å². The number of hydrogen-bond acceptors (Lipinski definition) is 15. The van der Waals surface area contributed by atoms with Crippen LogP contribution in [0.15, 0.2) is 0 Å². The predicted octanol–water partition coefficient (Wildman–Crippen LogP) is -6.55. The molecule has 3 saturated heterocycles. The Kier molecular flexibility index (Phi) is 8.99. The molecule has 0 unspecified atom stereocenters. The molecule has 15 nitrogen and oxygen atoms in total. The first kappa shape index (κ1) is 27.0. The summed E-state index contributed by atoms with van der Waals surface area (Å²) in [5, 5.41) is 100. The van der Waals surface area contributed by atoms with Crippen LogP contribution in [-0.2, 0) is 23.7 Å². The lowest BCUT2D eigenvalue weighted by atomic mass is 9.96. The fourth-order valence-corrected chi connectivity index (χ4v) is 3.97. The van der Waals surface area contributed by atoms with E-state index < -0.39 is 105 Å². The van der Waals surface area contributed by atoms with Crippen LogP contribution in [0.25, 0.3) is 0 Å². The summed E-state index contributed by atoms with van der Waals surface area (Å²) in [5.41, 5.74) is 0. The van der Waals surface area contributed by atoms with Crippen molar-refractivity contribution in [3.05, 3.63) is 0 Å². The Hall–Kier alpha value is -0.600. The molecule has 10 N–H and O–H groups in total. The molecule has 3 aliphatic rings. The second kappa shape index (κ2) is 11.0. The molecule has 0 radical (unpaired) electrons. The zero-order valence-corrected chi connectivity index (χ0v) is 17.6. The van der Waals surface area contributed by atoms with E-state index in [1.165, 1.54) is 6.92 Å². The fourth-order valence-electron chi connectivity index (χ4n) is 3.97. The second-order valence-corrected chi connectivity index (χ2v) is 8.32. The Bertz CT molecular complexity index is 626. The van der Waals surface area contributed by atoms with E-state index in [4.69, 9.17) is 23.7 Å². The van der Waals surface area contributed by atoms with E-state index in [-0.39, 0.29) is 0 Å². The summed E-state index contributed by atoms with van der Waals surface area (Å²) >= 11 is 0. The van der Waals surface area contributed by atoms with E-state index in [9.17, 15) is 51.1 Å². The van der Waals surface area contributed by atoms with Gasteiger partial charge >= 0.3 is 0 Å². The second-order valence-electron chi connectivity index (χ2n) is 8.32. The molecule has 15 atom stereocenters. The van der Waals surface area contributed by atoms with Crippen LogP contribution in [0.5, 0.6) is 0 Å². The molecule has 3 heterocycles. The van der Waals surface area contributed by atoms with Crippen LogP contribution in [0.1, 0.15) is 6.92 Å². The molecule has 0 bridgehead atoms. The molecule has 0 aromatic carbocycles. The van der Waals surface area contributed by atoms with Gasteiger partial charge < -0.3 is 74.7 Å². The van der Waals surface area contributed by atoms with Crippen LogP contribution < -0.4 is 0 Å². The first-order chi connectivity index (χ1) is 15.5. The first-order valence-electron chi connectivity index (χ1n) is 10.4. The Morgan fingerprint density at radius 2 is 1.12 bits per heavy atom. The summed E-state index contributed by atoms with van der Waals surface area (Å²) in [6.45, 7) is -0.118. The number of aliphatic hydroxyl groups excluding tert-OH is 10. The van der Waals surface area contributed by atoms with Crippen LogP contribution >= 0.6 is 0 Å². The van der Waals surface area contributed by atoms with E-state index in [2.05, 4.69) is 0 Å². The third-order valence-corrected chi connectivity index (χ3v) is 6.06. The van der Waals surface area contributed by atoms with Gasteiger partial charge in [0.05, 0.1) is 19.3 Å². The van der Waals surface area contributed by atoms with E-state index >= 15 is 0 Å². The third kappa shape index (κ3) is 5.32. The molecule has 15 heteroatoms. The summed E-state index contributed by atoms with van der Waals surface area (Å²) in [5.74, 6) is 0. The van der Waals surface area contributed by atoms with Gasteiger partial charge in [0.25, 0.3) is 0 Å². The van der Waals surface area contributed by atoms with Gasteiger partial charge in [-0.25, -0.2) is 0 Å². The lowest BCUT2D eigenvalue weighted by Crippen LogP contribution is -2.66. The third-order valence-electron chi connectivity index (χ3n) is 6.06. The van der Waals surface area contributed by atoms with Gasteiger partial charge in [-0.05, 0) is 6.92 Å². The molecule has 0 spiro atoms. The van der Waals surface area contributed by atoms with E-state index in [1.807, 2.05) is 0 Å². The average Bonchev–Trinajstić information content (AvgIpc) is 2.79.